The number of alkyl halides is 1. The number of amides is 2. The summed E-state index contributed by atoms with van der Waals surface area (Å²) in [5.74, 6) is -1.57. The molecule has 3 saturated heterocycles. The van der Waals surface area contributed by atoms with Gasteiger partial charge in [-0.25, -0.2) is 0 Å². The van der Waals surface area contributed by atoms with Crippen molar-refractivity contribution < 1.29 is 29.0 Å². The normalized spacial score (nSPS) is 31.4. The number of esters is 1. The van der Waals surface area contributed by atoms with E-state index in [0.717, 1.165) is 0 Å². The number of halogens is 1. The lowest BCUT2D eigenvalue weighted by Crippen LogP contribution is -2.56. The van der Waals surface area contributed by atoms with Crippen LogP contribution in [-0.4, -0.2) is 82.1 Å². The topological polar surface area (TPSA) is 96.4 Å². The Hall–Kier alpha value is -2.04. The number of nitrogens with zero attached hydrogens (tertiary/aromatic N) is 2. The maximum absolute atomic E-state index is 14.2. The first kappa shape index (κ1) is 25.1. The highest BCUT2D eigenvalue weighted by molar-refractivity contribution is 9.09. The first-order valence-corrected chi connectivity index (χ1v) is 13.1. The van der Waals surface area contributed by atoms with Crippen LogP contribution in [-0.2, 0) is 19.1 Å². The lowest BCUT2D eigenvalue weighted by atomic mass is 9.71. The Morgan fingerprint density at radius 3 is 2.68 bits per heavy atom. The number of carbonyl (C=O) groups excluding carboxylic acids is 3. The van der Waals surface area contributed by atoms with Gasteiger partial charge in [0.05, 0.1) is 36.9 Å². The van der Waals surface area contributed by atoms with E-state index in [0.29, 0.717) is 17.9 Å². The van der Waals surface area contributed by atoms with Gasteiger partial charge in [-0.15, -0.1) is 18.3 Å². The number of likely N-dealkylation sites (tertiary alicyclic amines) is 1. The molecular formula is C24H29BrN2O6S. The van der Waals surface area contributed by atoms with Crippen molar-refractivity contribution in [2.24, 2.45) is 11.8 Å². The second-order valence-corrected chi connectivity index (χ2v) is 11.3. The number of ether oxygens (including phenoxy) is 2. The van der Waals surface area contributed by atoms with Crippen molar-refractivity contribution in [2.45, 2.75) is 34.2 Å². The fraction of sp³-hybridized carbons (Fsp3) is 0.542. The third-order valence-electron chi connectivity index (χ3n) is 6.88. The van der Waals surface area contributed by atoms with Gasteiger partial charge < -0.3 is 24.4 Å². The quantitative estimate of drug-likeness (QED) is 0.285. The summed E-state index contributed by atoms with van der Waals surface area (Å²) in [6.45, 7) is 5.75. The number of β-amino-alcohol motifs (C(OH)–C–C–N with tert-alkyl or cyclic N) is 1. The van der Waals surface area contributed by atoms with Crippen LogP contribution >= 0.6 is 27.7 Å². The van der Waals surface area contributed by atoms with Crippen molar-refractivity contribution >= 4 is 51.2 Å². The molecule has 8 nitrogen and oxygen atoms in total. The second kappa shape index (κ2) is 9.91. The monoisotopic (exact) mass is 552 g/mol. The van der Waals surface area contributed by atoms with Crippen LogP contribution < -0.4 is 9.64 Å². The molecule has 2 bridgehead atoms. The van der Waals surface area contributed by atoms with Gasteiger partial charge in [-0.1, -0.05) is 22.0 Å². The zero-order valence-electron chi connectivity index (χ0n) is 19.2. The minimum atomic E-state index is -0.825. The highest BCUT2D eigenvalue weighted by Gasteiger charge is 2.76. The van der Waals surface area contributed by atoms with Crippen LogP contribution in [0.3, 0.4) is 0 Å². The molecule has 0 aliphatic carbocycles. The fourth-order valence-corrected chi connectivity index (χ4v) is 9.22. The molecule has 0 aromatic heterocycles. The van der Waals surface area contributed by atoms with Gasteiger partial charge in [-0.05, 0) is 37.6 Å². The molecule has 1 aromatic rings. The lowest BCUT2D eigenvalue weighted by Gasteiger charge is -2.37. The van der Waals surface area contributed by atoms with E-state index in [1.807, 2.05) is 0 Å². The second-order valence-electron chi connectivity index (χ2n) is 8.61. The van der Waals surface area contributed by atoms with Crippen molar-refractivity contribution in [2.75, 3.05) is 38.3 Å². The van der Waals surface area contributed by atoms with Crippen LogP contribution in [0.2, 0.25) is 0 Å². The summed E-state index contributed by atoms with van der Waals surface area (Å²) >= 11 is 5.25. The highest BCUT2D eigenvalue weighted by Crippen LogP contribution is 2.68. The van der Waals surface area contributed by atoms with E-state index in [1.54, 1.807) is 61.0 Å². The molecule has 6 atom stereocenters. The van der Waals surface area contributed by atoms with E-state index in [1.165, 1.54) is 4.90 Å². The Morgan fingerprint density at radius 1 is 1.38 bits per heavy atom. The number of aliphatic hydroxyl groups is 1. The molecular weight excluding hydrogens is 524 g/mol. The van der Waals surface area contributed by atoms with Crippen molar-refractivity contribution in [3.63, 3.8) is 0 Å². The Bertz CT molecular complexity index is 975. The van der Waals surface area contributed by atoms with Crippen LogP contribution in [0.1, 0.15) is 13.3 Å². The van der Waals surface area contributed by atoms with E-state index in [-0.39, 0.29) is 48.2 Å². The fourth-order valence-electron chi connectivity index (χ4n) is 5.63. The zero-order valence-corrected chi connectivity index (χ0v) is 21.6. The number of rotatable bonds is 9. The van der Waals surface area contributed by atoms with Crippen molar-refractivity contribution in [3.8, 4) is 5.75 Å². The molecule has 0 radical (unpaired) electrons. The number of benzene rings is 1. The van der Waals surface area contributed by atoms with Crippen molar-refractivity contribution in [1.29, 1.82) is 0 Å². The molecule has 3 fully saturated rings. The maximum Gasteiger partial charge on any atom is 0.310 e. The summed E-state index contributed by atoms with van der Waals surface area (Å²) in [4.78, 5) is 43.8. The maximum atomic E-state index is 14.2. The van der Waals surface area contributed by atoms with Crippen LogP contribution in [0, 0.1) is 11.8 Å². The van der Waals surface area contributed by atoms with Crippen LogP contribution in [0.25, 0.3) is 0 Å². The summed E-state index contributed by atoms with van der Waals surface area (Å²) in [5.41, 5.74) is 0.650. The summed E-state index contributed by atoms with van der Waals surface area (Å²) in [6, 6.07) is 6.29. The van der Waals surface area contributed by atoms with Gasteiger partial charge in [0.25, 0.3) is 5.91 Å². The smallest absolute Gasteiger partial charge is 0.310 e. The number of carbonyl (C=O) groups is 3. The SMILES string of the molecule is C=CCN(C(=O)C1N(CCO)C(=O)[C@@H]2[C@H](C(=O)OCC)[C@H]3SC12CC3Br)c1ccc(OC)cc1. The summed E-state index contributed by atoms with van der Waals surface area (Å²) in [7, 11) is 1.57. The van der Waals surface area contributed by atoms with Gasteiger partial charge in [-0.3, -0.25) is 14.4 Å². The predicted octanol–water partition coefficient (Wildman–Crippen LogP) is 2.23. The summed E-state index contributed by atoms with van der Waals surface area (Å²) < 4.78 is 9.79. The molecule has 10 heteroatoms. The number of thioether (sulfide) groups is 1. The minimum Gasteiger partial charge on any atom is -0.497 e. The van der Waals surface area contributed by atoms with E-state index in [9.17, 15) is 19.5 Å². The molecule has 0 saturated carbocycles. The standard InChI is InChI=1S/C24H29BrN2O6S/c1-4-10-26(14-6-8-15(32-3)9-7-14)22(30)20-24-13-16(25)19(34-24)17(23(31)33-5-2)18(24)21(29)27(20)11-12-28/h4,6-9,16-20,28H,1,5,10-13H2,2-3H3/t16?,17-,18-,19-,20?,24?/m0/s1. The van der Waals surface area contributed by atoms with Crippen LogP contribution in [0.15, 0.2) is 36.9 Å². The van der Waals surface area contributed by atoms with Gasteiger partial charge >= 0.3 is 5.97 Å². The van der Waals surface area contributed by atoms with Gasteiger partial charge in [0.15, 0.2) is 0 Å². The van der Waals surface area contributed by atoms with Gasteiger partial charge in [0.1, 0.15) is 11.8 Å². The van der Waals surface area contributed by atoms with Crippen LogP contribution in [0.5, 0.6) is 5.75 Å². The molecule has 3 aliphatic heterocycles. The molecule has 3 heterocycles. The predicted molar refractivity (Wildman–Crippen MR) is 133 cm³/mol. The number of aliphatic hydroxyl groups excluding tert-OH is 1. The lowest BCUT2D eigenvalue weighted by molar-refractivity contribution is -0.153. The first-order chi connectivity index (χ1) is 16.3. The van der Waals surface area contributed by atoms with E-state index in [2.05, 4.69) is 22.5 Å². The van der Waals surface area contributed by atoms with E-state index < -0.39 is 28.6 Å². The number of fused-ring (bicyclic) bond motifs is 1. The van der Waals surface area contributed by atoms with E-state index in [4.69, 9.17) is 9.47 Å². The average molecular weight is 553 g/mol. The molecule has 3 unspecified atom stereocenters. The van der Waals surface area contributed by atoms with Crippen molar-refractivity contribution in [3.05, 3.63) is 36.9 Å². The van der Waals surface area contributed by atoms with Crippen molar-refractivity contribution in [1.82, 2.24) is 4.90 Å². The minimum absolute atomic E-state index is 0.0196. The summed E-state index contributed by atoms with van der Waals surface area (Å²) in [5, 5.41) is 9.59. The highest BCUT2D eigenvalue weighted by atomic mass is 79.9. The third-order valence-corrected chi connectivity index (χ3v) is 10.1. The Balaban J connectivity index is 1.76. The number of hydrogen-bond acceptors (Lipinski definition) is 7. The molecule has 34 heavy (non-hydrogen) atoms. The number of hydrogen-bond donors (Lipinski definition) is 1. The molecule has 1 aromatic carbocycles. The Kier molecular flexibility index (Phi) is 7.30. The molecule has 1 N–H and O–H groups in total. The third kappa shape index (κ3) is 3.83. The molecule has 4 rings (SSSR count). The average Bonchev–Trinajstić information content (AvgIpc) is 3.41. The molecule has 2 amide bonds. The number of methoxy groups -OCH3 is 1. The first-order valence-electron chi connectivity index (χ1n) is 11.3. The molecule has 3 aliphatic rings. The van der Waals surface area contributed by atoms with Crippen LogP contribution in [0.4, 0.5) is 5.69 Å². The largest absolute Gasteiger partial charge is 0.497 e. The van der Waals surface area contributed by atoms with E-state index >= 15 is 0 Å². The zero-order chi connectivity index (χ0) is 24.6. The summed E-state index contributed by atoms with van der Waals surface area (Å²) in [6.07, 6.45) is 2.20. The Morgan fingerprint density at radius 2 is 2.09 bits per heavy atom. The molecule has 184 valence electrons. The Labute approximate surface area is 211 Å². The molecule has 1 spiro atoms. The number of anilines is 1. The van der Waals surface area contributed by atoms with Gasteiger partial charge in [-0.2, -0.15) is 0 Å². The van der Waals surface area contributed by atoms with Gasteiger partial charge in [0, 0.05) is 28.9 Å². The van der Waals surface area contributed by atoms with Gasteiger partial charge in [0.2, 0.25) is 5.91 Å².